The number of nitrogens with zero attached hydrogens (tertiary/aromatic N) is 2. The van der Waals surface area contributed by atoms with Crippen molar-refractivity contribution < 1.29 is 13.9 Å². The van der Waals surface area contributed by atoms with Gasteiger partial charge < -0.3 is 15.0 Å². The highest BCUT2D eigenvalue weighted by Crippen LogP contribution is 2.38. The molecule has 4 heterocycles. The quantitative estimate of drug-likeness (QED) is 0.578. The minimum absolute atomic E-state index is 0.0643. The number of methoxy groups -OCH3 is 1. The third kappa shape index (κ3) is 2.72. The lowest BCUT2D eigenvalue weighted by Gasteiger charge is -2.22. The van der Waals surface area contributed by atoms with Crippen molar-refractivity contribution in [2.45, 2.75) is 12.3 Å². The fourth-order valence-corrected chi connectivity index (χ4v) is 4.28. The van der Waals surface area contributed by atoms with E-state index in [1.54, 1.807) is 19.4 Å². The molecule has 26 heavy (non-hydrogen) atoms. The zero-order valence-electron chi connectivity index (χ0n) is 14.0. The Morgan fingerprint density at radius 3 is 3.00 bits per heavy atom. The lowest BCUT2D eigenvalue weighted by Crippen LogP contribution is -2.35. The molecule has 3 aromatic heterocycles. The summed E-state index contributed by atoms with van der Waals surface area (Å²) in [6, 6.07) is 5.46. The first-order valence-electron chi connectivity index (χ1n) is 8.19. The van der Waals surface area contributed by atoms with Gasteiger partial charge in [-0.2, -0.15) is 0 Å². The molecule has 3 aromatic rings. The monoisotopic (exact) mass is 466 g/mol. The van der Waals surface area contributed by atoms with E-state index in [1.807, 2.05) is 12.1 Å². The van der Waals surface area contributed by atoms with Crippen molar-refractivity contribution >= 4 is 39.5 Å². The van der Waals surface area contributed by atoms with E-state index in [-0.39, 0.29) is 11.8 Å². The molecule has 8 heteroatoms. The molecule has 0 fully saturated rings. The van der Waals surface area contributed by atoms with E-state index in [0.717, 1.165) is 26.0 Å². The van der Waals surface area contributed by atoms with E-state index >= 15 is 0 Å². The van der Waals surface area contributed by atoms with Gasteiger partial charge in [-0.25, -0.2) is 4.98 Å². The van der Waals surface area contributed by atoms with Gasteiger partial charge >= 0.3 is 0 Å². The molecule has 0 saturated carbocycles. The Morgan fingerprint density at radius 1 is 1.38 bits per heavy atom. The number of H-pyrrole nitrogens is 1. The Kier molecular flexibility index (Phi) is 4.51. The smallest absolute Gasteiger partial charge is 0.254 e. The van der Waals surface area contributed by atoms with Gasteiger partial charge in [-0.05, 0) is 41.1 Å². The maximum Gasteiger partial charge on any atom is 0.254 e. The summed E-state index contributed by atoms with van der Waals surface area (Å²) in [5.74, 6) is 0.294. The number of halogens is 2. The molecular formula is C18H16FIN4O2. The number of rotatable bonds is 4. The van der Waals surface area contributed by atoms with Crippen LogP contribution in [0.5, 0.6) is 5.88 Å². The average molecular weight is 466 g/mol. The van der Waals surface area contributed by atoms with E-state index < -0.39 is 6.67 Å². The molecule has 2 N–H and O–H groups in total. The molecule has 1 aliphatic rings. The number of amides is 1. The summed E-state index contributed by atoms with van der Waals surface area (Å²) in [4.78, 5) is 24.6. The van der Waals surface area contributed by atoms with Crippen molar-refractivity contribution in [3.8, 4) is 17.1 Å². The van der Waals surface area contributed by atoms with Crippen molar-refractivity contribution in [2.24, 2.45) is 0 Å². The molecule has 0 aliphatic carbocycles. The Bertz CT molecular complexity index is 1000. The molecule has 1 unspecified atom stereocenters. The predicted molar refractivity (Wildman–Crippen MR) is 104 cm³/mol. The number of pyridine rings is 2. The minimum atomic E-state index is -0.429. The maximum absolute atomic E-state index is 12.9. The molecule has 0 bridgehead atoms. The van der Waals surface area contributed by atoms with E-state index in [2.05, 4.69) is 42.9 Å². The van der Waals surface area contributed by atoms with Gasteiger partial charge in [0.15, 0.2) is 0 Å². The number of fused-ring (bicyclic) bond motifs is 2. The Morgan fingerprint density at radius 2 is 2.23 bits per heavy atom. The number of hydrogen-bond acceptors (Lipinski definition) is 4. The second-order valence-corrected chi connectivity index (χ2v) is 7.15. The van der Waals surface area contributed by atoms with Crippen LogP contribution in [0.3, 0.4) is 0 Å². The number of aromatic amines is 1. The summed E-state index contributed by atoms with van der Waals surface area (Å²) in [6.45, 7) is 0.0107. The van der Waals surface area contributed by atoms with E-state index in [9.17, 15) is 9.18 Å². The largest absolute Gasteiger partial charge is 0.481 e. The molecule has 6 nitrogen and oxygen atoms in total. The number of alkyl halides is 1. The molecule has 1 amide bonds. The van der Waals surface area contributed by atoms with Crippen LogP contribution in [-0.2, 0) is 0 Å². The first-order valence-corrected chi connectivity index (χ1v) is 9.27. The highest BCUT2D eigenvalue weighted by atomic mass is 127. The molecule has 134 valence electrons. The van der Waals surface area contributed by atoms with E-state index in [1.165, 1.54) is 0 Å². The summed E-state index contributed by atoms with van der Waals surface area (Å²) < 4.78 is 19.0. The molecule has 0 saturated heterocycles. The fourth-order valence-electron chi connectivity index (χ4n) is 3.32. The average Bonchev–Trinajstić information content (AvgIpc) is 3.01. The van der Waals surface area contributed by atoms with Crippen molar-refractivity contribution in [1.82, 2.24) is 20.3 Å². The normalized spacial score (nSPS) is 16.4. The van der Waals surface area contributed by atoms with Gasteiger partial charge in [0.05, 0.1) is 34.1 Å². The highest BCUT2D eigenvalue weighted by molar-refractivity contribution is 14.1. The van der Waals surface area contributed by atoms with Gasteiger partial charge in [0.2, 0.25) is 5.88 Å². The lowest BCUT2D eigenvalue weighted by atomic mass is 9.95. The van der Waals surface area contributed by atoms with Crippen LogP contribution in [-0.4, -0.2) is 41.2 Å². The lowest BCUT2D eigenvalue weighted by molar-refractivity contribution is 0.0937. The van der Waals surface area contributed by atoms with Gasteiger partial charge in [0.1, 0.15) is 5.52 Å². The first kappa shape index (κ1) is 17.2. The first-order chi connectivity index (χ1) is 12.6. The van der Waals surface area contributed by atoms with Crippen molar-refractivity contribution in [3.63, 3.8) is 0 Å². The molecule has 0 radical (unpaired) electrons. The summed E-state index contributed by atoms with van der Waals surface area (Å²) in [5.41, 5.74) is 4.43. The van der Waals surface area contributed by atoms with Gasteiger partial charge in [-0.3, -0.25) is 14.2 Å². The minimum Gasteiger partial charge on any atom is -0.481 e. The van der Waals surface area contributed by atoms with Crippen LogP contribution in [0.25, 0.3) is 22.3 Å². The van der Waals surface area contributed by atoms with E-state index in [4.69, 9.17) is 4.74 Å². The number of nitrogens with one attached hydrogen (secondary N) is 2. The molecule has 0 aromatic carbocycles. The topological polar surface area (TPSA) is 79.9 Å². The number of hydrogen-bond donors (Lipinski definition) is 2. The number of aromatic nitrogens is 3. The summed E-state index contributed by atoms with van der Waals surface area (Å²) in [5, 5.41) is 2.86. The standard InChI is InChI=1S/C18H16FIN4O2/c1-26-12-3-2-11-16(23-12)10(5-7-21-11)17-14(20)13-15(24-17)9(4-6-19)8-22-18(13)25/h2-3,5,7,9,24H,4,6,8H2,1H3,(H,22,25). The number of ether oxygens (including phenoxy) is 1. The zero-order chi connectivity index (χ0) is 18.3. The highest BCUT2D eigenvalue weighted by Gasteiger charge is 2.31. The van der Waals surface area contributed by atoms with Crippen LogP contribution in [0, 0.1) is 3.57 Å². The van der Waals surface area contributed by atoms with Crippen LogP contribution >= 0.6 is 22.6 Å². The molecule has 0 spiro atoms. The summed E-state index contributed by atoms with van der Waals surface area (Å²) in [6.07, 6.45) is 2.08. The Balaban J connectivity index is 1.93. The molecular weight excluding hydrogens is 450 g/mol. The third-order valence-corrected chi connectivity index (χ3v) is 5.69. The van der Waals surface area contributed by atoms with Crippen molar-refractivity contribution in [2.75, 3.05) is 20.3 Å². The number of carbonyl (C=O) groups excluding carboxylic acids is 1. The Hall–Kier alpha value is -2.23. The van der Waals surface area contributed by atoms with Gasteiger partial charge in [-0.1, -0.05) is 0 Å². The van der Waals surface area contributed by atoms with Crippen LogP contribution in [0.2, 0.25) is 0 Å². The van der Waals surface area contributed by atoms with Crippen LogP contribution in [0.4, 0.5) is 4.39 Å². The van der Waals surface area contributed by atoms with Crippen molar-refractivity contribution in [1.29, 1.82) is 0 Å². The fraction of sp³-hybridized carbons (Fsp3) is 0.278. The number of carbonyl (C=O) groups is 1. The third-order valence-electron chi connectivity index (χ3n) is 4.61. The van der Waals surface area contributed by atoms with Gasteiger partial charge in [0, 0.05) is 36.0 Å². The second-order valence-electron chi connectivity index (χ2n) is 6.07. The Labute approximate surface area is 162 Å². The van der Waals surface area contributed by atoms with Crippen LogP contribution < -0.4 is 10.1 Å². The molecule has 1 aliphatic heterocycles. The summed E-state index contributed by atoms with van der Waals surface area (Å²) in [7, 11) is 1.56. The predicted octanol–water partition coefficient (Wildman–Crippen LogP) is 3.42. The van der Waals surface area contributed by atoms with Crippen LogP contribution in [0.15, 0.2) is 24.4 Å². The van der Waals surface area contributed by atoms with Gasteiger partial charge in [0.25, 0.3) is 5.91 Å². The SMILES string of the molecule is COc1ccc2nccc(-c3[nH]c4c(c3I)C(=O)NCC4CCF)c2n1. The zero-order valence-corrected chi connectivity index (χ0v) is 16.1. The second kappa shape index (κ2) is 6.82. The van der Waals surface area contributed by atoms with Gasteiger partial charge in [-0.15, -0.1) is 0 Å². The van der Waals surface area contributed by atoms with E-state index in [0.29, 0.717) is 29.9 Å². The van der Waals surface area contributed by atoms with Crippen LogP contribution in [0.1, 0.15) is 28.4 Å². The molecule has 1 atom stereocenters. The summed E-state index contributed by atoms with van der Waals surface area (Å²) >= 11 is 2.16. The molecule has 4 rings (SSSR count). The van der Waals surface area contributed by atoms with Crippen molar-refractivity contribution in [3.05, 3.63) is 39.2 Å². The maximum atomic E-state index is 12.9.